The Balaban J connectivity index is 0.000000606. The number of carbonyl (C=O) groups excluding carboxylic acids is 1. The van der Waals surface area contributed by atoms with Crippen LogP contribution in [0.1, 0.15) is 23.4 Å². The highest BCUT2D eigenvalue weighted by Gasteiger charge is 2.38. The van der Waals surface area contributed by atoms with Gasteiger partial charge in [0.2, 0.25) is 15.9 Å². The number of imidazole rings is 1. The number of halogens is 3. The van der Waals surface area contributed by atoms with Gasteiger partial charge in [-0.15, -0.1) is 0 Å². The molecule has 0 aliphatic carbocycles. The Kier molecular flexibility index (Phi) is 10.6. The molecular weight excluding hydrogens is 665 g/mol. The molecule has 0 radical (unpaired) electrons. The van der Waals surface area contributed by atoms with E-state index in [1.54, 1.807) is 6.20 Å². The minimum atomic E-state index is -5.08. The zero-order valence-electron chi connectivity index (χ0n) is 26.1. The van der Waals surface area contributed by atoms with E-state index in [0.29, 0.717) is 19.6 Å². The first-order valence-corrected chi connectivity index (χ1v) is 16.8. The first-order valence-electron chi connectivity index (χ1n) is 14.9. The van der Waals surface area contributed by atoms with Crippen LogP contribution in [-0.2, 0) is 30.8 Å². The molecule has 3 aromatic heterocycles. The number of carboxylic acid groups (broad SMARTS) is 1. The fourth-order valence-electron chi connectivity index (χ4n) is 5.07. The standard InChI is InChI=1S/C31H30N6O4S.C2HF3O2/c1-42(39,40)35-29(38)15-8-22-6-9-24(10-7-22)30-27(14-13-25-12-11-23-4-2-3-5-26(23)33-25)34-31-28(16-17-32-37(30)31)36-18-20-41-21-19-36;3-2(4,5)1(6)7/h2-7,9-14,16-17H,8,15,18-21H2,1H3,(H,35,38);(H,6,7)/b14-13+;. The number of hydrogen-bond donors (Lipinski definition) is 2. The summed E-state index contributed by atoms with van der Waals surface area (Å²) in [6.07, 6.45) is 2.08. The Bertz CT molecular complexity index is 2110. The number of aryl methyl sites for hydroxylation is 1. The number of para-hydroxylation sites is 1. The Morgan fingerprint density at radius 1 is 0.980 bits per heavy atom. The Morgan fingerprint density at radius 3 is 2.35 bits per heavy atom. The van der Waals surface area contributed by atoms with Crippen molar-refractivity contribution >= 4 is 56.3 Å². The number of carboxylic acids is 1. The van der Waals surface area contributed by atoms with Crippen molar-refractivity contribution in [3.63, 3.8) is 0 Å². The lowest BCUT2D eigenvalue weighted by molar-refractivity contribution is -0.192. The minimum absolute atomic E-state index is 0.0687. The number of sulfonamides is 1. The van der Waals surface area contributed by atoms with Crippen molar-refractivity contribution in [2.24, 2.45) is 0 Å². The Hall–Kier alpha value is -5.35. The van der Waals surface area contributed by atoms with E-state index in [2.05, 4.69) is 16.1 Å². The van der Waals surface area contributed by atoms with Crippen molar-refractivity contribution in [3.8, 4) is 11.3 Å². The quantitative estimate of drug-likeness (QED) is 0.235. The first kappa shape index (κ1) is 35.0. The zero-order valence-corrected chi connectivity index (χ0v) is 26.9. The lowest BCUT2D eigenvalue weighted by Crippen LogP contribution is -2.36. The van der Waals surface area contributed by atoms with Crippen LogP contribution in [0.2, 0.25) is 0 Å². The number of amides is 1. The molecule has 1 aliphatic heterocycles. The molecule has 2 aromatic carbocycles. The number of anilines is 1. The van der Waals surface area contributed by atoms with E-state index < -0.39 is 28.1 Å². The van der Waals surface area contributed by atoms with Gasteiger partial charge in [0.15, 0.2) is 5.65 Å². The van der Waals surface area contributed by atoms with Crippen molar-refractivity contribution in [1.29, 1.82) is 0 Å². The molecule has 1 amide bonds. The van der Waals surface area contributed by atoms with Crippen LogP contribution in [0, 0.1) is 0 Å². The summed E-state index contributed by atoms with van der Waals surface area (Å²) in [6, 6.07) is 21.9. The van der Waals surface area contributed by atoms with Crippen LogP contribution < -0.4 is 9.62 Å². The molecular formula is C33H31F3N6O6S. The molecule has 16 heteroatoms. The lowest BCUT2D eigenvalue weighted by Gasteiger charge is -2.28. The van der Waals surface area contributed by atoms with Gasteiger partial charge in [0.25, 0.3) is 0 Å². The van der Waals surface area contributed by atoms with Crippen LogP contribution in [0.25, 0.3) is 40.0 Å². The van der Waals surface area contributed by atoms with Gasteiger partial charge in [-0.2, -0.15) is 18.3 Å². The summed E-state index contributed by atoms with van der Waals surface area (Å²) in [5.41, 5.74) is 6.89. The predicted molar refractivity (Wildman–Crippen MR) is 177 cm³/mol. The van der Waals surface area contributed by atoms with Gasteiger partial charge in [-0.1, -0.05) is 48.5 Å². The van der Waals surface area contributed by atoms with Crippen LogP contribution >= 0.6 is 0 Å². The molecule has 0 spiro atoms. The molecule has 49 heavy (non-hydrogen) atoms. The van der Waals surface area contributed by atoms with E-state index in [1.807, 2.05) is 82.1 Å². The second-order valence-electron chi connectivity index (χ2n) is 11.0. The van der Waals surface area contributed by atoms with Gasteiger partial charge in [0, 0.05) is 30.5 Å². The number of benzene rings is 2. The van der Waals surface area contributed by atoms with Crippen molar-refractivity contribution < 1.29 is 41.0 Å². The van der Waals surface area contributed by atoms with Gasteiger partial charge in [-0.3, -0.25) is 9.52 Å². The van der Waals surface area contributed by atoms with E-state index in [-0.39, 0.29) is 6.42 Å². The third-order valence-electron chi connectivity index (χ3n) is 7.32. The van der Waals surface area contributed by atoms with Crippen LogP contribution in [0.4, 0.5) is 18.9 Å². The SMILES string of the molecule is CS(=O)(=O)NC(=O)CCc1ccc(-c2c(/C=C/c3ccc4ccccc4n3)nc3c(N4CCOCC4)ccnn23)cc1.O=C(O)C(F)(F)F. The topological polar surface area (TPSA) is 156 Å². The van der Waals surface area contributed by atoms with Gasteiger partial charge in [0.1, 0.15) is 5.69 Å². The number of aromatic nitrogens is 4. The number of rotatable bonds is 8. The number of aliphatic carboxylic acids is 1. The van der Waals surface area contributed by atoms with Crippen LogP contribution in [0.3, 0.4) is 0 Å². The average Bonchev–Trinajstić information content (AvgIpc) is 3.44. The third kappa shape index (κ3) is 9.17. The number of hydrogen-bond acceptors (Lipinski definition) is 9. The maximum Gasteiger partial charge on any atom is 0.490 e. The molecule has 5 aromatic rings. The molecule has 0 atom stereocenters. The van der Waals surface area contributed by atoms with Crippen LogP contribution in [0.15, 0.2) is 72.9 Å². The predicted octanol–water partition coefficient (Wildman–Crippen LogP) is 4.59. The highest BCUT2D eigenvalue weighted by atomic mass is 32.2. The molecule has 1 saturated heterocycles. The molecule has 0 saturated carbocycles. The van der Waals surface area contributed by atoms with E-state index in [1.165, 1.54) is 0 Å². The van der Waals surface area contributed by atoms with Gasteiger partial charge in [0.05, 0.1) is 48.3 Å². The number of nitrogens with zero attached hydrogens (tertiary/aromatic N) is 5. The van der Waals surface area contributed by atoms with E-state index in [0.717, 1.165) is 69.8 Å². The summed E-state index contributed by atoms with van der Waals surface area (Å²) in [5, 5.41) is 12.9. The van der Waals surface area contributed by atoms with E-state index >= 15 is 0 Å². The van der Waals surface area contributed by atoms with Crippen molar-refractivity contribution in [1.82, 2.24) is 24.3 Å². The number of fused-ring (bicyclic) bond motifs is 2. The summed E-state index contributed by atoms with van der Waals surface area (Å²) >= 11 is 0. The molecule has 256 valence electrons. The van der Waals surface area contributed by atoms with Crippen molar-refractivity contribution in [2.75, 3.05) is 37.5 Å². The highest BCUT2D eigenvalue weighted by Crippen LogP contribution is 2.31. The normalized spacial score (nSPS) is 13.8. The maximum absolute atomic E-state index is 12.0. The Labute approximate surface area is 278 Å². The molecule has 1 aliphatic rings. The second-order valence-corrected chi connectivity index (χ2v) is 12.7. The van der Waals surface area contributed by atoms with Crippen molar-refractivity contribution in [2.45, 2.75) is 19.0 Å². The second kappa shape index (κ2) is 14.8. The zero-order chi connectivity index (χ0) is 35.2. The molecule has 1 fully saturated rings. The molecule has 6 rings (SSSR count). The fourth-order valence-corrected chi connectivity index (χ4v) is 5.59. The van der Waals surface area contributed by atoms with Gasteiger partial charge in [-0.25, -0.2) is 27.7 Å². The summed E-state index contributed by atoms with van der Waals surface area (Å²) in [4.78, 5) is 33.0. The van der Waals surface area contributed by atoms with Gasteiger partial charge < -0.3 is 14.7 Å². The number of pyridine rings is 1. The molecule has 0 bridgehead atoms. The van der Waals surface area contributed by atoms with E-state index in [9.17, 15) is 26.4 Å². The minimum Gasteiger partial charge on any atom is -0.475 e. The van der Waals surface area contributed by atoms with E-state index in [4.69, 9.17) is 24.6 Å². The maximum atomic E-state index is 12.0. The summed E-state index contributed by atoms with van der Waals surface area (Å²) < 4.78 is 63.8. The lowest BCUT2D eigenvalue weighted by atomic mass is 10.0. The third-order valence-corrected chi connectivity index (χ3v) is 7.92. The summed E-state index contributed by atoms with van der Waals surface area (Å²) in [7, 11) is -3.58. The van der Waals surface area contributed by atoms with Crippen LogP contribution in [0.5, 0.6) is 0 Å². The Morgan fingerprint density at radius 2 is 1.67 bits per heavy atom. The van der Waals surface area contributed by atoms with Crippen molar-refractivity contribution in [3.05, 3.63) is 89.9 Å². The molecule has 0 unspecified atom stereocenters. The molecule has 4 heterocycles. The smallest absolute Gasteiger partial charge is 0.475 e. The largest absolute Gasteiger partial charge is 0.490 e. The number of nitrogens with one attached hydrogen (secondary N) is 1. The molecule has 2 N–H and O–H groups in total. The van der Waals surface area contributed by atoms with Gasteiger partial charge in [-0.05, 0) is 42.3 Å². The number of ether oxygens (including phenoxy) is 1. The molecule has 12 nitrogen and oxygen atoms in total. The monoisotopic (exact) mass is 696 g/mol. The first-order chi connectivity index (χ1) is 23.3. The summed E-state index contributed by atoms with van der Waals surface area (Å²) in [5.74, 6) is -3.29. The summed E-state index contributed by atoms with van der Waals surface area (Å²) in [6.45, 7) is 2.86. The number of carbonyl (C=O) groups is 2. The van der Waals surface area contributed by atoms with Crippen LogP contribution in [-0.4, -0.2) is 83.7 Å². The average molecular weight is 697 g/mol. The number of morpholine rings is 1. The number of alkyl halides is 3. The fraction of sp³-hybridized carbons (Fsp3) is 0.242. The van der Waals surface area contributed by atoms with Gasteiger partial charge >= 0.3 is 12.1 Å². The highest BCUT2D eigenvalue weighted by molar-refractivity contribution is 7.89.